The maximum atomic E-state index is 13.8. The molecule has 0 saturated heterocycles. The Bertz CT molecular complexity index is 1540. The number of Topliss-reactive ketones (excluding diaryl/α,β-unsaturated/α-hetero) is 1. The average molecular weight is 560 g/mol. The first-order chi connectivity index (χ1) is 17.6. The molecule has 4 aromatic rings. The first-order valence-electron chi connectivity index (χ1n) is 11.8. The summed E-state index contributed by atoms with van der Waals surface area (Å²) in [6.07, 6.45) is 0. The normalized spacial score (nSPS) is 16.1. The fraction of sp³-hybridized carbons (Fsp3) is 0.200. The lowest BCUT2D eigenvalue weighted by Gasteiger charge is -2.28. The summed E-state index contributed by atoms with van der Waals surface area (Å²) in [5.41, 5.74) is 2.76. The Morgan fingerprint density at radius 1 is 1.00 bits per heavy atom. The highest BCUT2D eigenvalue weighted by molar-refractivity contribution is 9.10. The molecule has 5 rings (SSSR count). The van der Waals surface area contributed by atoms with Crippen molar-refractivity contribution in [3.63, 3.8) is 0 Å². The maximum Gasteiger partial charge on any atom is 0.294 e. The number of benzene rings is 3. The number of hydrogen-bond donors (Lipinski definition) is 1. The molecule has 2 heterocycles. The van der Waals surface area contributed by atoms with Crippen molar-refractivity contribution >= 4 is 44.3 Å². The van der Waals surface area contributed by atoms with Crippen LogP contribution in [0.15, 0.2) is 93.0 Å². The molecule has 0 spiro atoms. The van der Waals surface area contributed by atoms with Gasteiger partial charge in [-0.05, 0) is 65.1 Å². The summed E-state index contributed by atoms with van der Waals surface area (Å²) in [7, 11) is 1.57. The second-order valence-electron chi connectivity index (χ2n) is 10.0. The van der Waals surface area contributed by atoms with Gasteiger partial charge in [-0.3, -0.25) is 14.5 Å². The number of hydrogen-bond acceptors (Lipinski definition) is 5. The molecule has 1 atom stereocenters. The van der Waals surface area contributed by atoms with Crippen molar-refractivity contribution in [3.05, 3.63) is 105 Å². The van der Waals surface area contributed by atoms with E-state index in [0.29, 0.717) is 22.6 Å². The third-order valence-corrected chi connectivity index (χ3v) is 7.09. The predicted molar refractivity (Wildman–Crippen MR) is 146 cm³/mol. The van der Waals surface area contributed by atoms with Crippen LogP contribution >= 0.6 is 15.9 Å². The van der Waals surface area contributed by atoms with E-state index in [1.807, 2.05) is 36.4 Å². The summed E-state index contributed by atoms with van der Waals surface area (Å²) in [5, 5.41) is 11.8. The molecule has 37 heavy (non-hydrogen) atoms. The van der Waals surface area contributed by atoms with Crippen LogP contribution in [0.25, 0.3) is 11.0 Å². The molecule has 0 bridgehead atoms. The van der Waals surface area contributed by atoms with Crippen LogP contribution in [-0.2, 0) is 10.2 Å². The van der Waals surface area contributed by atoms with Crippen molar-refractivity contribution in [2.24, 2.45) is 0 Å². The summed E-state index contributed by atoms with van der Waals surface area (Å²) in [4.78, 5) is 28.7. The maximum absolute atomic E-state index is 13.8. The molecule has 1 N–H and O–H groups in total. The van der Waals surface area contributed by atoms with Crippen molar-refractivity contribution in [1.29, 1.82) is 0 Å². The van der Waals surface area contributed by atoms with Crippen LogP contribution in [0.2, 0.25) is 0 Å². The van der Waals surface area contributed by atoms with Gasteiger partial charge >= 0.3 is 0 Å². The van der Waals surface area contributed by atoms with Crippen molar-refractivity contribution in [1.82, 2.24) is 0 Å². The van der Waals surface area contributed by atoms with Gasteiger partial charge in [0.15, 0.2) is 11.5 Å². The number of aliphatic hydroxyl groups is 1. The number of methoxy groups -OCH3 is 1. The average Bonchev–Trinajstić information content (AvgIpc) is 3.41. The Kier molecular flexibility index (Phi) is 6.20. The summed E-state index contributed by atoms with van der Waals surface area (Å²) in [6.45, 7) is 6.33. The Morgan fingerprint density at radius 2 is 1.68 bits per heavy atom. The summed E-state index contributed by atoms with van der Waals surface area (Å²) in [6, 6.07) is 20.9. The molecule has 0 aliphatic carbocycles. The van der Waals surface area contributed by atoms with Crippen molar-refractivity contribution < 1.29 is 23.8 Å². The van der Waals surface area contributed by atoms with E-state index >= 15 is 0 Å². The number of furan rings is 1. The van der Waals surface area contributed by atoms with E-state index in [-0.39, 0.29) is 16.7 Å². The zero-order chi connectivity index (χ0) is 26.5. The quantitative estimate of drug-likeness (QED) is 0.260. The minimum Gasteiger partial charge on any atom is -0.503 e. The predicted octanol–water partition coefficient (Wildman–Crippen LogP) is 7.28. The molecule has 6 nitrogen and oxygen atoms in total. The number of carbonyl (C=O) groups is 2. The highest BCUT2D eigenvalue weighted by atomic mass is 79.9. The lowest BCUT2D eigenvalue weighted by atomic mass is 9.87. The van der Waals surface area contributed by atoms with Gasteiger partial charge in [0.25, 0.3) is 5.91 Å². The highest BCUT2D eigenvalue weighted by Crippen LogP contribution is 2.43. The van der Waals surface area contributed by atoms with Crippen molar-refractivity contribution in [2.45, 2.75) is 32.2 Å². The zero-order valence-electron chi connectivity index (χ0n) is 20.9. The molecule has 188 valence electrons. The monoisotopic (exact) mass is 559 g/mol. The standard InChI is InChI=1S/C30H26BrNO5/c1-30(2,3)19-7-10-21(11-8-19)32-26(17-5-12-22(36-4)13-6-17)25(28(34)29(32)35)27(33)24-16-18-15-20(31)9-14-23(18)37-24/h5-16,26,34H,1-4H3. The van der Waals surface area contributed by atoms with Crippen LogP contribution in [0.3, 0.4) is 0 Å². The largest absolute Gasteiger partial charge is 0.503 e. The van der Waals surface area contributed by atoms with Gasteiger partial charge < -0.3 is 14.3 Å². The summed E-state index contributed by atoms with van der Waals surface area (Å²) < 4.78 is 12.0. The number of ether oxygens (including phenoxy) is 1. The number of halogens is 1. The second-order valence-corrected chi connectivity index (χ2v) is 10.9. The van der Waals surface area contributed by atoms with E-state index in [1.54, 1.807) is 43.5 Å². The molecule has 1 aliphatic heterocycles. The van der Waals surface area contributed by atoms with Crippen LogP contribution < -0.4 is 9.64 Å². The van der Waals surface area contributed by atoms with Crippen LogP contribution in [0.5, 0.6) is 5.75 Å². The van der Waals surface area contributed by atoms with E-state index < -0.39 is 23.5 Å². The van der Waals surface area contributed by atoms with E-state index in [1.165, 1.54) is 4.90 Å². The lowest BCUT2D eigenvalue weighted by molar-refractivity contribution is -0.117. The van der Waals surface area contributed by atoms with E-state index in [2.05, 4.69) is 36.7 Å². The first kappa shape index (κ1) is 24.8. The molecule has 1 aliphatic rings. The molecule has 0 saturated carbocycles. The number of amides is 1. The van der Waals surface area contributed by atoms with Crippen LogP contribution in [0, 0.1) is 0 Å². The van der Waals surface area contributed by atoms with Crippen LogP contribution in [-0.4, -0.2) is 23.9 Å². The number of fused-ring (bicyclic) bond motifs is 1. The Hall–Kier alpha value is -3.84. The number of nitrogens with zero attached hydrogens (tertiary/aromatic N) is 1. The van der Waals surface area contributed by atoms with E-state index in [0.717, 1.165) is 15.4 Å². The fourth-order valence-electron chi connectivity index (χ4n) is 4.59. The molecular formula is C30H26BrNO5. The third kappa shape index (κ3) is 4.44. The number of aliphatic hydroxyl groups excluding tert-OH is 1. The van der Waals surface area contributed by atoms with Gasteiger partial charge in [0.2, 0.25) is 5.78 Å². The van der Waals surface area contributed by atoms with Crippen LogP contribution in [0.4, 0.5) is 5.69 Å². The summed E-state index contributed by atoms with van der Waals surface area (Å²) >= 11 is 3.43. The molecule has 0 radical (unpaired) electrons. The van der Waals surface area contributed by atoms with Gasteiger partial charge in [-0.2, -0.15) is 0 Å². The van der Waals surface area contributed by atoms with Crippen LogP contribution in [0.1, 0.15) is 48.5 Å². The number of ketones is 1. The molecular weight excluding hydrogens is 534 g/mol. The number of rotatable bonds is 5. The van der Waals surface area contributed by atoms with Gasteiger partial charge in [-0.25, -0.2) is 0 Å². The van der Waals surface area contributed by atoms with Crippen molar-refractivity contribution in [3.8, 4) is 5.75 Å². The minimum atomic E-state index is -0.855. The van der Waals surface area contributed by atoms with Gasteiger partial charge in [-0.15, -0.1) is 0 Å². The first-order valence-corrected chi connectivity index (χ1v) is 12.6. The molecule has 1 aromatic heterocycles. The van der Waals surface area contributed by atoms with Gasteiger partial charge in [-0.1, -0.05) is 61.0 Å². The van der Waals surface area contributed by atoms with E-state index in [4.69, 9.17) is 9.15 Å². The SMILES string of the molecule is COc1ccc(C2C(C(=O)c3cc4cc(Br)ccc4o3)=C(O)C(=O)N2c2ccc(C(C)(C)C)cc2)cc1. The molecule has 7 heteroatoms. The second kappa shape index (κ2) is 9.23. The Morgan fingerprint density at radius 3 is 2.30 bits per heavy atom. The van der Waals surface area contributed by atoms with Gasteiger partial charge in [0.1, 0.15) is 11.3 Å². The van der Waals surface area contributed by atoms with Gasteiger partial charge in [0.05, 0.1) is 18.7 Å². The smallest absolute Gasteiger partial charge is 0.294 e. The molecule has 3 aromatic carbocycles. The Labute approximate surface area is 223 Å². The summed E-state index contributed by atoms with van der Waals surface area (Å²) in [5.74, 6) is -1.10. The zero-order valence-corrected chi connectivity index (χ0v) is 22.5. The highest BCUT2D eigenvalue weighted by Gasteiger charge is 2.45. The fourth-order valence-corrected chi connectivity index (χ4v) is 4.96. The Balaban J connectivity index is 1.62. The number of carbonyl (C=O) groups excluding carboxylic acids is 2. The van der Waals surface area contributed by atoms with Crippen molar-refractivity contribution in [2.75, 3.05) is 12.0 Å². The molecule has 1 unspecified atom stereocenters. The van der Waals surface area contributed by atoms with Gasteiger partial charge in [0, 0.05) is 15.5 Å². The molecule has 1 amide bonds. The minimum absolute atomic E-state index is 0.0341. The molecule has 0 fully saturated rings. The topological polar surface area (TPSA) is 80.0 Å². The third-order valence-electron chi connectivity index (χ3n) is 6.60. The lowest BCUT2D eigenvalue weighted by Crippen LogP contribution is -2.31. The van der Waals surface area contributed by atoms with E-state index in [9.17, 15) is 14.7 Å². The number of anilines is 1.